The standard InChI is InChI=1S/C17H24O6/c1-17(2)22-14-13(21-16(19-4)15(14)23-17)10-20-9-11-5-7-12(18-3)8-6-11/h5-8,13-16H,9-10H2,1-4H3/t13-,14-,15-,16-/m1/s1. The third-order valence-corrected chi connectivity index (χ3v) is 4.05. The topological polar surface area (TPSA) is 55.4 Å². The average Bonchev–Trinajstić information content (AvgIpc) is 3.01. The zero-order valence-corrected chi connectivity index (χ0v) is 14.0. The van der Waals surface area contributed by atoms with Crippen molar-refractivity contribution in [1.29, 1.82) is 0 Å². The highest BCUT2D eigenvalue weighted by Crippen LogP contribution is 2.38. The molecule has 0 bridgehead atoms. The lowest BCUT2D eigenvalue weighted by molar-refractivity contribution is -0.232. The summed E-state index contributed by atoms with van der Waals surface area (Å²) in [6, 6.07) is 7.79. The molecule has 2 fully saturated rings. The van der Waals surface area contributed by atoms with E-state index in [2.05, 4.69) is 0 Å². The summed E-state index contributed by atoms with van der Waals surface area (Å²) in [5.74, 6) is 0.210. The van der Waals surface area contributed by atoms with Crippen LogP contribution >= 0.6 is 0 Å². The zero-order valence-electron chi connectivity index (χ0n) is 14.0. The average molecular weight is 324 g/mol. The van der Waals surface area contributed by atoms with Crippen molar-refractivity contribution in [1.82, 2.24) is 0 Å². The number of benzene rings is 1. The van der Waals surface area contributed by atoms with Crippen LogP contribution in [0.1, 0.15) is 19.4 Å². The minimum absolute atomic E-state index is 0.175. The van der Waals surface area contributed by atoms with Crippen LogP contribution in [0.15, 0.2) is 24.3 Å². The molecule has 0 amide bonds. The maximum absolute atomic E-state index is 5.93. The van der Waals surface area contributed by atoms with Crippen molar-refractivity contribution in [3.63, 3.8) is 0 Å². The van der Waals surface area contributed by atoms with Gasteiger partial charge in [-0.25, -0.2) is 0 Å². The molecule has 3 rings (SSSR count). The Morgan fingerprint density at radius 2 is 1.74 bits per heavy atom. The molecule has 128 valence electrons. The molecular weight excluding hydrogens is 300 g/mol. The van der Waals surface area contributed by atoms with Gasteiger partial charge in [-0.2, -0.15) is 0 Å². The normalized spacial score (nSPS) is 32.0. The molecular formula is C17H24O6. The number of fused-ring (bicyclic) bond motifs is 1. The summed E-state index contributed by atoms with van der Waals surface area (Å²) in [5, 5.41) is 0. The van der Waals surface area contributed by atoms with Crippen molar-refractivity contribution in [3.05, 3.63) is 29.8 Å². The van der Waals surface area contributed by atoms with Gasteiger partial charge in [0.25, 0.3) is 0 Å². The van der Waals surface area contributed by atoms with Gasteiger partial charge < -0.3 is 28.4 Å². The lowest BCUT2D eigenvalue weighted by Crippen LogP contribution is -2.32. The van der Waals surface area contributed by atoms with Crippen LogP contribution in [0.2, 0.25) is 0 Å². The van der Waals surface area contributed by atoms with Crippen LogP contribution in [0.25, 0.3) is 0 Å². The van der Waals surface area contributed by atoms with E-state index in [9.17, 15) is 0 Å². The van der Waals surface area contributed by atoms with Crippen molar-refractivity contribution < 1.29 is 28.4 Å². The van der Waals surface area contributed by atoms with Crippen molar-refractivity contribution in [2.24, 2.45) is 0 Å². The summed E-state index contributed by atoms with van der Waals surface area (Å²) in [7, 11) is 3.26. The van der Waals surface area contributed by atoms with Gasteiger partial charge in [-0.15, -0.1) is 0 Å². The largest absolute Gasteiger partial charge is 0.497 e. The first-order chi connectivity index (χ1) is 11.0. The molecule has 2 aliphatic rings. The second kappa shape index (κ2) is 6.75. The molecule has 0 radical (unpaired) electrons. The SMILES string of the molecule is COc1ccc(COC[C@H]2O[C@@H](OC)[C@@H]3OC(C)(C)O[C@@H]32)cc1. The third-order valence-electron chi connectivity index (χ3n) is 4.05. The van der Waals surface area contributed by atoms with Crippen LogP contribution in [0.5, 0.6) is 5.75 Å². The fourth-order valence-corrected chi connectivity index (χ4v) is 2.98. The lowest BCUT2D eigenvalue weighted by Gasteiger charge is -2.23. The Hall–Kier alpha value is -1.18. The molecule has 6 heteroatoms. The molecule has 0 aromatic heterocycles. The molecule has 4 atom stereocenters. The second-order valence-electron chi connectivity index (χ2n) is 6.21. The Morgan fingerprint density at radius 3 is 2.39 bits per heavy atom. The summed E-state index contributed by atoms with van der Waals surface area (Å²) < 4.78 is 33.9. The fraction of sp³-hybridized carbons (Fsp3) is 0.647. The molecule has 0 unspecified atom stereocenters. The number of hydrogen-bond acceptors (Lipinski definition) is 6. The van der Waals surface area contributed by atoms with Gasteiger partial charge in [-0.3, -0.25) is 0 Å². The lowest BCUT2D eigenvalue weighted by atomic mass is 10.1. The van der Waals surface area contributed by atoms with Crippen LogP contribution in [-0.4, -0.2) is 51.2 Å². The molecule has 0 aliphatic carbocycles. The van der Waals surface area contributed by atoms with Gasteiger partial charge in [0.2, 0.25) is 0 Å². The van der Waals surface area contributed by atoms with Gasteiger partial charge >= 0.3 is 0 Å². The van der Waals surface area contributed by atoms with Crippen LogP contribution in [0.3, 0.4) is 0 Å². The number of hydrogen-bond donors (Lipinski definition) is 0. The van der Waals surface area contributed by atoms with Crippen LogP contribution < -0.4 is 4.74 Å². The molecule has 6 nitrogen and oxygen atoms in total. The molecule has 2 heterocycles. The van der Waals surface area contributed by atoms with Crippen LogP contribution in [-0.2, 0) is 30.3 Å². The molecule has 2 saturated heterocycles. The first-order valence-electron chi connectivity index (χ1n) is 7.77. The Bertz CT molecular complexity index is 514. The van der Waals surface area contributed by atoms with E-state index in [-0.39, 0.29) is 18.3 Å². The summed E-state index contributed by atoms with van der Waals surface area (Å²) in [6.45, 7) is 4.72. The van der Waals surface area contributed by atoms with E-state index >= 15 is 0 Å². The van der Waals surface area contributed by atoms with E-state index in [0.29, 0.717) is 13.2 Å². The maximum atomic E-state index is 5.93. The molecule has 2 aliphatic heterocycles. The minimum Gasteiger partial charge on any atom is -0.497 e. The molecule has 0 N–H and O–H groups in total. The van der Waals surface area contributed by atoms with Crippen molar-refractivity contribution in [3.8, 4) is 5.75 Å². The van der Waals surface area contributed by atoms with E-state index < -0.39 is 12.1 Å². The minimum atomic E-state index is -0.621. The quantitative estimate of drug-likeness (QED) is 0.799. The number of methoxy groups -OCH3 is 2. The maximum Gasteiger partial charge on any atom is 0.186 e. The third kappa shape index (κ3) is 3.67. The zero-order chi connectivity index (χ0) is 16.4. The van der Waals surface area contributed by atoms with Crippen molar-refractivity contribution in [2.75, 3.05) is 20.8 Å². The highest BCUT2D eigenvalue weighted by Gasteiger charge is 2.55. The van der Waals surface area contributed by atoms with Gasteiger partial charge in [0.15, 0.2) is 12.1 Å². The van der Waals surface area contributed by atoms with E-state index in [1.807, 2.05) is 38.1 Å². The summed E-state index contributed by atoms with van der Waals surface area (Å²) in [6.07, 6.45) is -1.02. The number of ether oxygens (including phenoxy) is 6. The predicted octanol–water partition coefficient (Wildman–Crippen LogP) is 2.10. The fourth-order valence-electron chi connectivity index (χ4n) is 2.98. The smallest absolute Gasteiger partial charge is 0.186 e. The van der Waals surface area contributed by atoms with E-state index in [4.69, 9.17) is 28.4 Å². The summed E-state index contributed by atoms with van der Waals surface area (Å²) in [5.41, 5.74) is 1.08. The Morgan fingerprint density at radius 1 is 1.04 bits per heavy atom. The highest BCUT2D eigenvalue weighted by atomic mass is 16.8. The summed E-state index contributed by atoms with van der Waals surface area (Å²) >= 11 is 0. The molecule has 0 spiro atoms. The Labute approximate surface area is 136 Å². The molecule has 1 aromatic rings. The van der Waals surface area contributed by atoms with Crippen molar-refractivity contribution >= 4 is 0 Å². The predicted molar refractivity (Wildman–Crippen MR) is 82.1 cm³/mol. The summed E-state index contributed by atoms with van der Waals surface area (Å²) in [4.78, 5) is 0. The highest BCUT2D eigenvalue weighted by molar-refractivity contribution is 5.26. The van der Waals surface area contributed by atoms with Crippen LogP contribution in [0, 0.1) is 0 Å². The monoisotopic (exact) mass is 324 g/mol. The van der Waals surface area contributed by atoms with Crippen molar-refractivity contribution in [2.45, 2.75) is 50.8 Å². The van der Waals surface area contributed by atoms with Gasteiger partial charge in [0.1, 0.15) is 24.1 Å². The molecule has 0 saturated carbocycles. The van der Waals surface area contributed by atoms with E-state index in [1.165, 1.54) is 0 Å². The first-order valence-corrected chi connectivity index (χ1v) is 7.77. The Kier molecular flexibility index (Phi) is 4.89. The molecule has 23 heavy (non-hydrogen) atoms. The van der Waals surface area contributed by atoms with Crippen LogP contribution in [0.4, 0.5) is 0 Å². The second-order valence-corrected chi connectivity index (χ2v) is 6.21. The van der Waals surface area contributed by atoms with E-state index in [1.54, 1.807) is 14.2 Å². The van der Waals surface area contributed by atoms with Gasteiger partial charge in [0, 0.05) is 7.11 Å². The molecule has 1 aromatic carbocycles. The first kappa shape index (κ1) is 16.7. The van der Waals surface area contributed by atoms with Gasteiger partial charge in [0.05, 0.1) is 20.3 Å². The van der Waals surface area contributed by atoms with E-state index in [0.717, 1.165) is 11.3 Å². The van der Waals surface area contributed by atoms with Gasteiger partial charge in [-0.05, 0) is 31.5 Å². The number of rotatable bonds is 6. The van der Waals surface area contributed by atoms with Gasteiger partial charge in [-0.1, -0.05) is 12.1 Å². The Balaban J connectivity index is 1.53.